The molecule has 0 unspecified atom stereocenters. The highest BCUT2D eigenvalue weighted by Gasteiger charge is 2.14. The Morgan fingerprint density at radius 1 is 1.16 bits per heavy atom. The molecule has 1 aromatic carbocycles. The zero-order chi connectivity index (χ0) is 13.7. The van der Waals surface area contributed by atoms with Crippen molar-refractivity contribution in [2.24, 2.45) is 0 Å². The molecule has 1 atom stereocenters. The van der Waals surface area contributed by atoms with Gasteiger partial charge in [-0.25, -0.2) is 0 Å². The minimum absolute atomic E-state index is 0.00299. The molecule has 0 saturated carbocycles. The number of nitrogens with one attached hydrogen (secondary N) is 1. The van der Waals surface area contributed by atoms with Crippen molar-refractivity contribution in [2.75, 3.05) is 5.32 Å². The van der Waals surface area contributed by atoms with Crippen LogP contribution in [0.5, 0.6) is 0 Å². The highest BCUT2D eigenvalue weighted by atomic mass is 32.2. The third kappa shape index (κ3) is 4.10. The zero-order valence-corrected chi connectivity index (χ0v) is 11.8. The van der Waals surface area contributed by atoms with Gasteiger partial charge in [-0.3, -0.25) is 9.78 Å². The Morgan fingerprint density at radius 2 is 1.79 bits per heavy atom. The van der Waals surface area contributed by atoms with Gasteiger partial charge in [-0.2, -0.15) is 0 Å². The van der Waals surface area contributed by atoms with E-state index in [0.717, 1.165) is 10.6 Å². The molecule has 2 rings (SSSR count). The lowest BCUT2D eigenvalue weighted by molar-refractivity contribution is -0.115. The number of aromatic nitrogens is 1. The van der Waals surface area contributed by atoms with Crippen LogP contribution in [0.1, 0.15) is 12.5 Å². The van der Waals surface area contributed by atoms with Crippen LogP contribution in [0, 0.1) is 6.92 Å². The van der Waals surface area contributed by atoms with Crippen LogP contribution in [-0.4, -0.2) is 16.1 Å². The van der Waals surface area contributed by atoms with E-state index in [-0.39, 0.29) is 11.2 Å². The third-order valence-corrected chi connectivity index (χ3v) is 3.76. The summed E-state index contributed by atoms with van der Waals surface area (Å²) >= 11 is 1.55. The largest absolute Gasteiger partial charge is 0.325 e. The lowest BCUT2D eigenvalue weighted by Gasteiger charge is -2.12. The van der Waals surface area contributed by atoms with Gasteiger partial charge in [0.2, 0.25) is 5.91 Å². The summed E-state index contributed by atoms with van der Waals surface area (Å²) in [5, 5.41) is 2.73. The van der Waals surface area contributed by atoms with Crippen molar-refractivity contribution < 1.29 is 4.79 Å². The topological polar surface area (TPSA) is 42.0 Å². The summed E-state index contributed by atoms with van der Waals surface area (Å²) < 4.78 is 0. The molecule has 19 heavy (non-hydrogen) atoms. The zero-order valence-electron chi connectivity index (χ0n) is 11.0. The summed E-state index contributed by atoms with van der Waals surface area (Å²) in [6.45, 7) is 3.95. The van der Waals surface area contributed by atoms with Crippen molar-refractivity contribution in [1.82, 2.24) is 4.98 Å². The summed E-state index contributed by atoms with van der Waals surface area (Å²) in [6, 6.07) is 11.7. The van der Waals surface area contributed by atoms with Gasteiger partial charge in [0.05, 0.1) is 5.25 Å². The lowest BCUT2D eigenvalue weighted by atomic mass is 10.2. The molecule has 4 heteroatoms. The molecule has 0 aliphatic heterocycles. The lowest BCUT2D eigenvalue weighted by Crippen LogP contribution is -2.22. The fraction of sp³-hybridized carbons (Fsp3) is 0.200. The Labute approximate surface area is 117 Å². The third-order valence-electron chi connectivity index (χ3n) is 2.65. The number of anilines is 1. The highest BCUT2D eigenvalue weighted by Crippen LogP contribution is 2.24. The van der Waals surface area contributed by atoms with E-state index >= 15 is 0 Å². The predicted molar refractivity (Wildman–Crippen MR) is 79.4 cm³/mol. The van der Waals surface area contributed by atoms with Crippen LogP contribution in [0.15, 0.2) is 53.7 Å². The van der Waals surface area contributed by atoms with Gasteiger partial charge in [-0.1, -0.05) is 17.7 Å². The van der Waals surface area contributed by atoms with E-state index in [0.29, 0.717) is 0 Å². The second-order valence-electron chi connectivity index (χ2n) is 4.30. The number of benzene rings is 1. The van der Waals surface area contributed by atoms with E-state index in [1.807, 2.05) is 26.0 Å². The summed E-state index contributed by atoms with van der Waals surface area (Å²) in [4.78, 5) is 17.0. The number of carbonyl (C=O) groups is 1. The van der Waals surface area contributed by atoms with E-state index in [1.165, 1.54) is 5.56 Å². The number of hydrogen-bond donors (Lipinski definition) is 1. The quantitative estimate of drug-likeness (QED) is 0.866. The maximum absolute atomic E-state index is 12.0. The molecule has 0 aliphatic rings. The maximum Gasteiger partial charge on any atom is 0.237 e. The number of hydrogen-bond acceptors (Lipinski definition) is 3. The van der Waals surface area contributed by atoms with Crippen LogP contribution in [0.25, 0.3) is 0 Å². The van der Waals surface area contributed by atoms with Gasteiger partial charge in [0.1, 0.15) is 0 Å². The molecule has 1 N–H and O–H groups in total. The van der Waals surface area contributed by atoms with Crippen LogP contribution in [0.2, 0.25) is 0 Å². The van der Waals surface area contributed by atoms with Crippen molar-refractivity contribution in [3.63, 3.8) is 0 Å². The fourth-order valence-corrected chi connectivity index (χ4v) is 2.42. The first-order valence-electron chi connectivity index (χ1n) is 6.09. The molecule has 0 spiro atoms. The van der Waals surface area contributed by atoms with E-state index in [9.17, 15) is 4.79 Å². The summed E-state index contributed by atoms with van der Waals surface area (Å²) in [5.74, 6) is -0.00299. The normalized spacial score (nSPS) is 11.9. The first-order valence-corrected chi connectivity index (χ1v) is 6.97. The number of aryl methyl sites for hydroxylation is 1. The maximum atomic E-state index is 12.0. The van der Waals surface area contributed by atoms with Crippen molar-refractivity contribution in [3.05, 3.63) is 54.4 Å². The minimum atomic E-state index is -0.143. The Bertz CT molecular complexity index is 540. The summed E-state index contributed by atoms with van der Waals surface area (Å²) in [5.41, 5.74) is 1.99. The van der Waals surface area contributed by atoms with E-state index in [1.54, 1.807) is 36.3 Å². The first-order chi connectivity index (χ1) is 9.15. The van der Waals surface area contributed by atoms with Crippen LogP contribution >= 0.6 is 11.8 Å². The van der Waals surface area contributed by atoms with Crippen LogP contribution in [0.3, 0.4) is 0 Å². The Hall–Kier alpha value is -1.81. The van der Waals surface area contributed by atoms with Gasteiger partial charge in [-0.05, 0) is 38.1 Å². The van der Waals surface area contributed by atoms with Crippen LogP contribution in [-0.2, 0) is 4.79 Å². The number of nitrogens with zero attached hydrogens (tertiary/aromatic N) is 1. The van der Waals surface area contributed by atoms with Crippen molar-refractivity contribution >= 4 is 23.4 Å². The van der Waals surface area contributed by atoms with Gasteiger partial charge in [0, 0.05) is 23.0 Å². The van der Waals surface area contributed by atoms with Crippen LogP contribution < -0.4 is 5.32 Å². The molecular formula is C15H16N2OS. The first kappa shape index (κ1) is 13.6. The molecule has 0 radical (unpaired) electrons. The van der Waals surface area contributed by atoms with Gasteiger partial charge in [-0.15, -0.1) is 11.8 Å². The molecule has 0 saturated heterocycles. The van der Waals surface area contributed by atoms with Gasteiger partial charge in [0.25, 0.3) is 0 Å². The fourth-order valence-electron chi connectivity index (χ4n) is 1.55. The van der Waals surface area contributed by atoms with E-state index in [2.05, 4.69) is 22.4 Å². The van der Waals surface area contributed by atoms with Crippen molar-refractivity contribution in [3.8, 4) is 0 Å². The number of thioether (sulfide) groups is 1. The van der Waals surface area contributed by atoms with Crippen molar-refractivity contribution in [1.29, 1.82) is 0 Å². The highest BCUT2D eigenvalue weighted by molar-refractivity contribution is 8.00. The predicted octanol–water partition coefficient (Wildman–Crippen LogP) is 3.51. The Morgan fingerprint density at radius 3 is 2.42 bits per heavy atom. The Kier molecular flexibility index (Phi) is 4.58. The molecule has 0 fully saturated rings. The monoisotopic (exact) mass is 272 g/mol. The van der Waals surface area contributed by atoms with Crippen LogP contribution in [0.4, 0.5) is 5.69 Å². The average Bonchev–Trinajstić information content (AvgIpc) is 2.42. The molecule has 3 nitrogen and oxygen atoms in total. The number of rotatable bonds is 4. The molecule has 1 aromatic heterocycles. The number of carbonyl (C=O) groups excluding carboxylic acids is 1. The average molecular weight is 272 g/mol. The minimum Gasteiger partial charge on any atom is -0.325 e. The summed E-state index contributed by atoms with van der Waals surface area (Å²) in [6.07, 6.45) is 3.32. The molecule has 1 amide bonds. The smallest absolute Gasteiger partial charge is 0.237 e. The Balaban J connectivity index is 1.94. The number of pyridine rings is 1. The standard InChI is InChI=1S/C15H16N2OS/c1-11-3-5-14(6-4-11)19-12(2)15(18)17-13-7-9-16-10-8-13/h3-10,12H,1-2H3,(H,16,17,18)/t12-/m1/s1. The van der Waals surface area contributed by atoms with Gasteiger partial charge < -0.3 is 5.32 Å². The summed E-state index contributed by atoms with van der Waals surface area (Å²) in [7, 11) is 0. The van der Waals surface area contributed by atoms with Crippen molar-refractivity contribution in [2.45, 2.75) is 24.0 Å². The number of amides is 1. The molecule has 1 heterocycles. The van der Waals surface area contributed by atoms with Gasteiger partial charge in [0.15, 0.2) is 0 Å². The SMILES string of the molecule is Cc1ccc(S[C@H](C)C(=O)Nc2ccncc2)cc1. The second kappa shape index (κ2) is 6.38. The second-order valence-corrected chi connectivity index (χ2v) is 5.71. The van der Waals surface area contributed by atoms with E-state index in [4.69, 9.17) is 0 Å². The van der Waals surface area contributed by atoms with Gasteiger partial charge >= 0.3 is 0 Å². The molecule has 98 valence electrons. The molecule has 0 bridgehead atoms. The molecule has 0 aliphatic carbocycles. The molecular weight excluding hydrogens is 256 g/mol. The molecule has 2 aromatic rings. The van der Waals surface area contributed by atoms with E-state index < -0.39 is 0 Å².